The highest BCUT2D eigenvalue weighted by atomic mass is 16.2. The van der Waals surface area contributed by atoms with Gasteiger partial charge in [-0.25, -0.2) is 0 Å². The van der Waals surface area contributed by atoms with Gasteiger partial charge in [0.1, 0.15) is 0 Å². The van der Waals surface area contributed by atoms with Crippen LogP contribution in [0.2, 0.25) is 0 Å². The molecule has 1 amide bonds. The molecule has 1 fully saturated rings. The molecule has 2 N–H and O–H groups in total. The fourth-order valence-electron chi connectivity index (χ4n) is 4.73. The Labute approximate surface area is 175 Å². The number of benzene rings is 1. The molecule has 1 heterocycles. The summed E-state index contributed by atoms with van der Waals surface area (Å²) in [5.74, 6) is 1.02. The number of carbonyl (C=O) groups is 1. The van der Waals surface area contributed by atoms with Gasteiger partial charge in [-0.2, -0.15) is 0 Å². The Kier molecular flexibility index (Phi) is 7.17. The summed E-state index contributed by atoms with van der Waals surface area (Å²) in [6.07, 6.45) is 5.28. The third-order valence-corrected chi connectivity index (χ3v) is 6.59. The normalized spacial score (nSPS) is 20.1. The maximum Gasteiger partial charge on any atom is 0.230 e. The first kappa shape index (κ1) is 21.6. The van der Waals surface area contributed by atoms with Crippen LogP contribution in [0.1, 0.15) is 43.7 Å². The summed E-state index contributed by atoms with van der Waals surface area (Å²) in [6.45, 7) is 5.84. The van der Waals surface area contributed by atoms with E-state index in [-0.39, 0.29) is 11.3 Å². The van der Waals surface area contributed by atoms with E-state index in [9.17, 15) is 4.79 Å². The molecule has 1 aromatic rings. The van der Waals surface area contributed by atoms with Gasteiger partial charge in [-0.1, -0.05) is 37.1 Å². The minimum absolute atomic E-state index is 0.235. The average Bonchev–Trinajstić information content (AvgIpc) is 3.22. The molecule has 160 valence electrons. The molecule has 1 aliphatic heterocycles. The molecule has 6 heteroatoms. The van der Waals surface area contributed by atoms with Crippen molar-refractivity contribution in [3.63, 3.8) is 0 Å². The molecule has 0 spiro atoms. The average molecular weight is 400 g/mol. The molecule has 0 bridgehead atoms. The highest BCUT2D eigenvalue weighted by Gasteiger charge is 2.42. The number of rotatable bonds is 6. The summed E-state index contributed by atoms with van der Waals surface area (Å²) >= 11 is 0. The molecule has 1 atom stereocenters. The third-order valence-electron chi connectivity index (χ3n) is 6.59. The summed E-state index contributed by atoms with van der Waals surface area (Å²) in [5, 5.41) is 6.91. The van der Waals surface area contributed by atoms with Crippen molar-refractivity contribution >= 4 is 11.9 Å². The predicted octanol–water partition coefficient (Wildman–Crippen LogP) is 2.25. The molecule has 0 radical (unpaired) electrons. The van der Waals surface area contributed by atoms with Crippen LogP contribution in [0.5, 0.6) is 0 Å². The van der Waals surface area contributed by atoms with Crippen molar-refractivity contribution in [1.82, 2.24) is 20.4 Å². The summed E-state index contributed by atoms with van der Waals surface area (Å²) in [5.41, 5.74) is 2.64. The fourth-order valence-corrected chi connectivity index (χ4v) is 4.73. The zero-order valence-corrected chi connectivity index (χ0v) is 18.5. The van der Waals surface area contributed by atoms with Gasteiger partial charge in [-0.3, -0.25) is 14.7 Å². The van der Waals surface area contributed by atoms with E-state index in [2.05, 4.69) is 51.7 Å². The maximum atomic E-state index is 12.8. The smallest absolute Gasteiger partial charge is 0.230 e. The van der Waals surface area contributed by atoms with Crippen LogP contribution in [0.4, 0.5) is 0 Å². The lowest BCUT2D eigenvalue weighted by molar-refractivity contribution is -0.138. The second-order valence-electron chi connectivity index (χ2n) is 8.83. The highest BCUT2D eigenvalue weighted by Crippen LogP contribution is 2.38. The number of aliphatic imine (C=N–C) groups is 1. The first-order chi connectivity index (χ1) is 13.9. The zero-order valence-electron chi connectivity index (χ0n) is 18.5. The van der Waals surface area contributed by atoms with Gasteiger partial charge in [0.2, 0.25) is 5.91 Å². The standard InChI is InChI=1S/C23H37N5O/c1-18(28-14-11-19-9-5-6-10-20(19)16-28)15-25-22(24-2)26-17-23(12-7-8-13-23)21(29)27(3)4/h5-6,9-10,18H,7-8,11-17H2,1-4H3,(H2,24,25,26). The molecule has 0 saturated heterocycles. The quantitative estimate of drug-likeness (QED) is 0.569. The van der Waals surface area contributed by atoms with Crippen LogP contribution in [-0.2, 0) is 17.8 Å². The molecule has 1 saturated carbocycles. The van der Waals surface area contributed by atoms with Gasteiger partial charge in [0, 0.05) is 53.4 Å². The van der Waals surface area contributed by atoms with Crippen LogP contribution in [-0.4, -0.2) is 68.5 Å². The minimum atomic E-state index is -0.288. The third kappa shape index (κ3) is 5.10. The second-order valence-corrected chi connectivity index (χ2v) is 8.83. The summed E-state index contributed by atoms with van der Waals surface area (Å²) in [6, 6.07) is 9.16. The number of guanidine groups is 1. The van der Waals surface area contributed by atoms with Crippen molar-refractivity contribution < 1.29 is 4.79 Å². The highest BCUT2D eigenvalue weighted by molar-refractivity contribution is 5.85. The lowest BCUT2D eigenvalue weighted by atomic mass is 9.84. The van der Waals surface area contributed by atoms with E-state index in [1.807, 2.05) is 14.1 Å². The Morgan fingerprint density at radius 2 is 1.90 bits per heavy atom. The minimum Gasteiger partial charge on any atom is -0.355 e. The van der Waals surface area contributed by atoms with Crippen LogP contribution in [0.25, 0.3) is 0 Å². The molecular weight excluding hydrogens is 362 g/mol. The Balaban J connectivity index is 1.51. The summed E-state index contributed by atoms with van der Waals surface area (Å²) < 4.78 is 0. The monoisotopic (exact) mass is 399 g/mol. The molecule has 1 aliphatic carbocycles. The Morgan fingerprint density at radius 1 is 1.21 bits per heavy atom. The number of nitrogens with zero attached hydrogens (tertiary/aromatic N) is 3. The van der Waals surface area contributed by atoms with E-state index >= 15 is 0 Å². The van der Waals surface area contributed by atoms with E-state index in [4.69, 9.17) is 0 Å². The van der Waals surface area contributed by atoms with Gasteiger partial charge < -0.3 is 15.5 Å². The number of hydrogen-bond acceptors (Lipinski definition) is 3. The fraction of sp³-hybridized carbons (Fsp3) is 0.652. The molecule has 6 nitrogen and oxygen atoms in total. The lowest BCUT2D eigenvalue weighted by Crippen LogP contribution is -2.51. The van der Waals surface area contributed by atoms with E-state index in [1.54, 1.807) is 11.9 Å². The van der Waals surface area contributed by atoms with Crippen molar-refractivity contribution in [2.45, 2.75) is 51.6 Å². The molecule has 3 rings (SSSR count). The van der Waals surface area contributed by atoms with Crippen LogP contribution < -0.4 is 10.6 Å². The van der Waals surface area contributed by atoms with Crippen molar-refractivity contribution in [1.29, 1.82) is 0 Å². The molecule has 1 aromatic carbocycles. The van der Waals surface area contributed by atoms with Gasteiger partial charge in [0.05, 0.1) is 5.41 Å². The number of fused-ring (bicyclic) bond motifs is 1. The van der Waals surface area contributed by atoms with E-state index in [0.29, 0.717) is 12.6 Å². The summed E-state index contributed by atoms with van der Waals surface area (Å²) in [7, 11) is 5.51. The maximum absolute atomic E-state index is 12.8. The van der Waals surface area contributed by atoms with Crippen LogP contribution in [0.3, 0.4) is 0 Å². The first-order valence-corrected chi connectivity index (χ1v) is 10.9. The van der Waals surface area contributed by atoms with E-state index in [0.717, 1.165) is 57.7 Å². The molecular formula is C23H37N5O. The van der Waals surface area contributed by atoms with Gasteiger partial charge in [0.25, 0.3) is 0 Å². The van der Waals surface area contributed by atoms with Crippen molar-refractivity contribution in [2.24, 2.45) is 10.4 Å². The second kappa shape index (κ2) is 9.61. The molecule has 1 unspecified atom stereocenters. The predicted molar refractivity (Wildman–Crippen MR) is 119 cm³/mol. The van der Waals surface area contributed by atoms with Gasteiger partial charge in [-0.15, -0.1) is 0 Å². The van der Waals surface area contributed by atoms with Gasteiger partial charge in [0.15, 0.2) is 5.96 Å². The number of amides is 1. The van der Waals surface area contributed by atoms with Gasteiger partial charge >= 0.3 is 0 Å². The first-order valence-electron chi connectivity index (χ1n) is 10.9. The van der Waals surface area contributed by atoms with Crippen LogP contribution >= 0.6 is 0 Å². The van der Waals surface area contributed by atoms with Crippen molar-refractivity contribution in [3.8, 4) is 0 Å². The van der Waals surface area contributed by atoms with Crippen molar-refractivity contribution in [2.75, 3.05) is 40.8 Å². The van der Waals surface area contributed by atoms with Crippen LogP contribution in [0, 0.1) is 5.41 Å². The topological polar surface area (TPSA) is 60.0 Å². The van der Waals surface area contributed by atoms with Crippen LogP contribution in [0.15, 0.2) is 29.3 Å². The summed E-state index contributed by atoms with van der Waals surface area (Å²) in [4.78, 5) is 21.4. The van der Waals surface area contributed by atoms with E-state index in [1.165, 1.54) is 11.1 Å². The zero-order chi connectivity index (χ0) is 20.9. The lowest BCUT2D eigenvalue weighted by Gasteiger charge is -2.34. The number of hydrogen-bond donors (Lipinski definition) is 2. The Hall–Kier alpha value is -2.08. The van der Waals surface area contributed by atoms with Crippen molar-refractivity contribution in [3.05, 3.63) is 35.4 Å². The molecule has 2 aliphatic rings. The Bertz CT molecular complexity index is 724. The SMILES string of the molecule is CN=C(NCC(C)N1CCc2ccccc2C1)NCC1(C(=O)N(C)C)CCCC1. The Morgan fingerprint density at radius 3 is 2.55 bits per heavy atom. The molecule has 0 aromatic heterocycles. The largest absolute Gasteiger partial charge is 0.355 e. The molecule has 29 heavy (non-hydrogen) atoms. The number of carbonyl (C=O) groups excluding carboxylic acids is 1. The van der Waals surface area contributed by atoms with Gasteiger partial charge in [-0.05, 0) is 37.3 Å². The number of nitrogens with one attached hydrogen (secondary N) is 2. The van der Waals surface area contributed by atoms with E-state index < -0.39 is 0 Å².